The Labute approximate surface area is 128 Å². The molecule has 2 unspecified atom stereocenters. The van der Waals surface area contributed by atoms with Gasteiger partial charge in [0.05, 0.1) is 0 Å². The first-order valence-electron chi connectivity index (χ1n) is 7.15. The summed E-state index contributed by atoms with van der Waals surface area (Å²) in [6.07, 6.45) is 1.69. The van der Waals surface area contributed by atoms with E-state index in [-0.39, 0.29) is 6.04 Å². The SMILES string of the molecule is CC(N)c1ccc(Br)cc1N1CCN2C(=O)CCC2C1. The van der Waals surface area contributed by atoms with Gasteiger partial charge < -0.3 is 15.5 Å². The minimum atomic E-state index is 0.0151. The van der Waals surface area contributed by atoms with Crippen LogP contribution in [0.2, 0.25) is 0 Å². The van der Waals surface area contributed by atoms with Crippen molar-refractivity contribution in [1.82, 2.24) is 4.90 Å². The average Bonchev–Trinajstić information content (AvgIpc) is 2.79. The van der Waals surface area contributed by atoms with Gasteiger partial charge in [-0.15, -0.1) is 0 Å². The van der Waals surface area contributed by atoms with E-state index in [0.717, 1.165) is 30.5 Å². The van der Waals surface area contributed by atoms with Crippen molar-refractivity contribution in [2.75, 3.05) is 24.5 Å². The molecule has 0 saturated carbocycles. The predicted octanol–water partition coefficient (Wildman–Crippen LogP) is 2.28. The summed E-state index contributed by atoms with van der Waals surface area (Å²) in [5.41, 5.74) is 8.47. The molecule has 20 heavy (non-hydrogen) atoms. The molecule has 1 aromatic carbocycles. The fraction of sp³-hybridized carbons (Fsp3) is 0.533. The van der Waals surface area contributed by atoms with Crippen molar-refractivity contribution in [3.63, 3.8) is 0 Å². The van der Waals surface area contributed by atoms with Crippen molar-refractivity contribution in [2.45, 2.75) is 31.8 Å². The van der Waals surface area contributed by atoms with E-state index in [9.17, 15) is 4.79 Å². The summed E-state index contributed by atoms with van der Waals surface area (Å²) < 4.78 is 1.07. The van der Waals surface area contributed by atoms with E-state index in [4.69, 9.17) is 5.73 Å². The first kappa shape index (κ1) is 13.9. The summed E-state index contributed by atoms with van der Waals surface area (Å²) in [6.45, 7) is 4.65. The molecule has 1 amide bonds. The van der Waals surface area contributed by atoms with Crippen molar-refractivity contribution in [2.24, 2.45) is 5.73 Å². The van der Waals surface area contributed by atoms with Crippen molar-refractivity contribution in [3.8, 4) is 0 Å². The molecule has 4 nitrogen and oxygen atoms in total. The molecule has 0 bridgehead atoms. The fourth-order valence-corrected chi connectivity index (χ4v) is 3.61. The van der Waals surface area contributed by atoms with Crippen LogP contribution in [0.25, 0.3) is 0 Å². The molecule has 0 spiro atoms. The van der Waals surface area contributed by atoms with Gasteiger partial charge in [0.1, 0.15) is 0 Å². The molecule has 2 fully saturated rings. The second-order valence-corrected chi connectivity index (χ2v) is 6.63. The number of rotatable bonds is 2. The Morgan fingerprint density at radius 3 is 2.95 bits per heavy atom. The molecular weight excluding hydrogens is 318 g/mol. The van der Waals surface area contributed by atoms with Crippen LogP contribution in [0.5, 0.6) is 0 Å². The molecule has 5 heteroatoms. The van der Waals surface area contributed by atoms with Gasteiger partial charge in [-0.25, -0.2) is 0 Å². The monoisotopic (exact) mass is 337 g/mol. The molecule has 2 heterocycles. The Morgan fingerprint density at radius 1 is 1.40 bits per heavy atom. The maximum absolute atomic E-state index is 11.8. The Morgan fingerprint density at radius 2 is 2.20 bits per heavy atom. The highest BCUT2D eigenvalue weighted by molar-refractivity contribution is 9.10. The van der Waals surface area contributed by atoms with Crippen LogP contribution in [0, 0.1) is 0 Å². The summed E-state index contributed by atoms with van der Waals surface area (Å²) in [5.74, 6) is 0.316. The zero-order valence-electron chi connectivity index (χ0n) is 11.7. The number of anilines is 1. The van der Waals surface area contributed by atoms with E-state index >= 15 is 0 Å². The first-order valence-corrected chi connectivity index (χ1v) is 7.95. The van der Waals surface area contributed by atoms with E-state index in [1.54, 1.807) is 0 Å². The molecule has 0 radical (unpaired) electrons. The maximum atomic E-state index is 11.8. The molecule has 2 saturated heterocycles. The standard InChI is InChI=1S/C15H20BrN3O/c1-10(17)13-4-2-11(16)8-14(13)18-6-7-19-12(9-18)3-5-15(19)20/h2,4,8,10,12H,3,5-7,9,17H2,1H3. The zero-order valence-corrected chi connectivity index (χ0v) is 13.3. The molecule has 1 aromatic rings. The Hall–Kier alpha value is -1.07. The number of halogens is 1. The highest BCUT2D eigenvalue weighted by Gasteiger charge is 2.36. The van der Waals surface area contributed by atoms with Gasteiger partial charge in [-0.2, -0.15) is 0 Å². The first-order chi connectivity index (χ1) is 9.56. The highest BCUT2D eigenvalue weighted by Crippen LogP contribution is 2.32. The van der Waals surface area contributed by atoms with Crippen LogP contribution < -0.4 is 10.6 Å². The Kier molecular flexibility index (Phi) is 3.73. The van der Waals surface area contributed by atoms with Gasteiger partial charge in [0.15, 0.2) is 0 Å². The van der Waals surface area contributed by atoms with Gasteiger partial charge >= 0.3 is 0 Å². The lowest BCUT2D eigenvalue weighted by Crippen LogP contribution is -2.51. The Bertz CT molecular complexity index is 532. The van der Waals surface area contributed by atoms with Crippen LogP contribution >= 0.6 is 15.9 Å². The van der Waals surface area contributed by atoms with Gasteiger partial charge in [-0.05, 0) is 31.0 Å². The Balaban J connectivity index is 1.87. The molecule has 2 aliphatic heterocycles. The molecule has 3 rings (SSSR count). The third kappa shape index (κ3) is 2.44. The van der Waals surface area contributed by atoms with E-state index in [0.29, 0.717) is 18.4 Å². The van der Waals surface area contributed by atoms with Crippen molar-refractivity contribution in [3.05, 3.63) is 28.2 Å². The maximum Gasteiger partial charge on any atom is 0.223 e. The van der Waals surface area contributed by atoms with Crippen molar-refractivity contribution < 1.29 is 4.79 Å². The number of nitrogens with zero attached hydrogens (tertiary/aromatic N) is 2. The minimum Gasteiger partial charge on any atom is -0.367 e. The second kappa shape index (κ2) is 5.37. The van der Waals surface area contributed by atoms with Gasteiger partial charge in [-0.1, -0.05) is 22.0 Å². The summed E-state index contributed by atoms with van der Waals surface area (Å²) in [6, 6.07) is 6.66. The lowest BCUT2D eigenvalue weighted by Gasteiger charge is -2.40. The van der Waals surface area contributed by atoms with E-state index in [1.807, 2.05) is 17.9 Å². The second-order valence-electron chi connectivity index (χ2n) is 5.72. The average molecular weight is 338 g/mol. The number of carbonyl (C=O) groups is 1. The zero-order chi connectivity index (χ0) is 14.3. The summed E-state index contributed by atoms with van der Waals surface area (Å²) >= 11 is 3.55. The summed E-state index contributed by atoms with van der Waals surface area (Å²) in [4.78, 5) is 16.2. The van der Waals surface area contributed by atoms with Crippen molar-refractivity contribution in [1.29, 1.82) is 0 Å². The van der Waals surface area contributed by atoms with E-state index < -0.39 is 0 Å². The number of piperazine rings is 1. The third-order valence-corrected chi connectivity index (χ3v) is 4.81. The number of hydrogen-bond donors (Lipinski definition) is 1. The predicted molar refractivity (Wildman–Crippen MR) is 83.7 cm³/mol. The van der Waals surface area contributed by atoms with Crippen LogP contribution in [0.15, 0.2) is 22.7 Å². The number of benzene rings is 1. The molecule has 0 aromatic heterocycles. The quantitative estimate of drug-likeness (QED) is 0.900. The normalized spacial score (nSPS) is 23.9. The number of carbonyl (C=O) groups excluding carboxylic acids is 1. The van der Waals surface area contributed by atoms with Crippen molar-refractivity contribution >= 4 is 27.5 Å². The molecule has 2 aliphatic rings. The number of fused-ring (bicyclic) bond motifs is 1. The number of nitrogens with two attached hydrogens (primary N) is 1. The smallest absolute Gasteiger partial charge is 0.223 e. The van der Waals surface area contributed by atoms with Crippen LogP contribution in [0.1, 0.15) is 31.4 Å². The van der Waals surface area contributed by atoms with Crippen LogP contribution in [0.4, 0.5) is 5.69 Å². The molecule has 0 aliphatic carbocycles. The van der Waals surface area contributed by atoms with Gasteiger partial charge in [0.2, 0.25) is 5.91 Å². The molecule has 2 atom stereocenters. The van der Waals surface area contributed by atoms with Crippen LogP contribution in [-0.2, 0) is 4.79 Å². The minimum absolute atomic E-state index is 0.0151. The van der Waals surface area contributed by atoms with Crippen LogP contribution in [-0.4, -0.2) is 36.5 Å². The topological polar surface area (TPSA) is 49.6 Å². The van der Waals surface area contributed by atoms with Gasteiger partial charge in [-0.3, -0.25) is 4.79 Å². The fourth-order valence-electron chi connectivity index (χ4n) is 3.26. The number of amides is 1. The third-order valence-electron chi connectivity index (χ3n) is 4.32. The van der Waals surface area contributed by atoms with Gasteiger partial charge in [0.25, 0.3) is 0 Å². The number of hydrogen-bond acceptors (Lipinski definition) is 3. The molecular formula is C15H20BrN3O. The highest BCUT2D eigenvalue weighted by atomic mass is 79.9. The molecule has 108 valence electrons. The van der Waals surface area contributed by atoms with E-state index in [2.05, 4.69) is 33.0 Å². The van der Waals surface area contributed by atoms with E-state index in [1.165, 1.54) is 11.3 Å². The van der Waals surface area contributed by atoms with Crippen LogP contribution in [0.3, 0.4) is 0 Å². The summed E-state index contributed by atoms with van der Waals surface area (Å²) in [7, 11) is 0. The van der Waals surface area contributed by atoms with Gasteiger partial charge in [0, 0.05) is 48.3 Å². The lowest BCUT2D eigenvalue weighted by atomic mass is 10.0. The largest absolute Gasteiger partial charge is 0.367 e. The molecule has 2 N–H and O–H groups in total. The lowest BCUT2D eigenvalue weighted by molar-refractivity contribution is -0.129. The summed E-state index contributed by atoms with van der Waals surface area (Å²) in [5, 5.41) is 0.